The van der Waals surface area contributed by atoms with Crippen LogP contribution in [0.2, 0.25) is 0 Å². The Balaban J connectivity index is 3.05. The first-order chi connectivity index (χ1) is 9.01. The van der Waals surface area contributed by atoms with Gasteiger partial charge in [0.15, 0.2) is 0 Å². The van der Waals surface area contributed by atoms with Crippen molar-refractivity contribution in [2.45, 2.75) is 13.0 Å². The number of ether oxygens (including phenoxy) is 2. The van der Waals surface area contributed by atoms with E-state index in [2.05, 4.69) is 15.9 Å². The molecule has 1 aromatic rings. The van der Waals surface area contributed by atoms with Crippen LogP contribution >= 0.6 is 15.9 Å². The van der Waals surface area contributed by atoms with Crippen LogP contribution in [0.5, 0.6) is 0 Å². The van der Waals surface area contributed by atoms with Crippen LogP contribution < -0.4 is 10.6 Å². The summed E-state index contributed by atoms with van der Waals surface area (Å²) in [6.45, 7) is 3.79. The topological polar surface area (TPSA) is 47.7 Å². The van der Waals surface area contributed by atoms with Crippen LogP contribution in [-0.4, -0.2) is 40.0 Å². The average molecular weight is 335 g/mol. The van der Waals surface area contributed by atoms with Gasteiger partial charge in [-0.1, -0.05) is 0 Å². The van der Waals surface area contributed by atoms with Gasteiger partial charge in [-0.15, -0.1) is 0 Å². The molecule has 0 aliphatic rings. The predicted molar refractivity (Wildman–Crippen MR) is 79.1 cm³/mol. The normalized spacial score (nSPS) is 12.5. The number of benzene rings is 1. The average Bonchev–Trinajstić information content (AvgIpc) is 2.36. The summed E-state index contributed by atoms with van der Waals surface area (Å²) in [5, 5.41) is 0. The smallest absolute Gasteiger partial charge is 0.139 e. The highest BCUT2D eigenvalue weighted by molar-refractivity contribution is 9.10. The van der Waals surface area contributed by atoms with Gasteiger partial charge in [-0.25, -0.2) is 4.39 Å². The van der Waals surface area contributed by atoms with Gasteiger partial charge in [0, 0.05) is 32.9 Å². The van der Waals surface area contributed by atoms with E-state index in [9.17, 15) is 4.39 Å². The summed E-state index contributed by atoms with van der Waals surface area (Å²) in [6.07, 6.45) is 0. The van der Waals surface area contributed by atoms with E-state index in [1.807, 2.05) is 11.8 Å². The minimum absolute atomic E-state index is 0.111. The summed E-state index contributed by atoms with van der Waals surface area (Å²) in [5.74, 6) is -0.368. The van der Waals surface area contributed by atoms with Crippen LogP contribution in [0, 0.1) is 5.82 Å². The van der Waals surface area contributed by atoms with Gasteiger partial charge < -0.3 is 20.1 Å². The molecule has 0 aliphatic carbocycles. The lowest BCUT2D eigenvalue weighted by atomic mass is 10.2. The van der Waals surface area contributed by atoms with Crippen molar-refractivity contribution in [2.75, 3.05) is 44.6 Å². The molecule has 0 saturated heterocycles. The Morgan fingerprint density at radius 3 is 2.63 bits per heavy atom. The van der Waals surface area contributed by atoms with Crippen molar-refractivity contribution in [3.8, 4) is 0 Å². The van der Waals surface area contributed by atoms with Crippen LogP contribution in [0.25, 0.3) is 0 Å². The van der Waals surface area contributed by atoms with Crippen LogP contribution in [-0.2, 0) is 9.47 Å². The highest BCUT2D eigenvalue weighted by atomic mass is 79.9. The fraction of sp³-hybridized carbons (Fsp3) is 0.538. The fourth-order valence-corrected chi connectivity index (χ4v) is 2.23. The second kappa shape index (κ2) is 7.67. The van der Waals surface area contributed by atoms with Gasteiger partial charge in [0.1, 0.15) is 5.82 Å². The molecule has 0 amide bonds. The highest BCUT2D eigenvalue weighted by Gasteiger charge is 2.18. The zero-order valence-corrected chi connectivity index (χ0v) is 13.0. The third-order valence-electron chi connectivity index (χ3n) is 2.86. The third-order valence-corrected chi connectivity index (χ3v) is 3.46. The lowest BCUT2D eigenvalue weighted by molar-refractivity contribution is 0.171. The summed E-state index contributed by atoms with van der Waals surface area (Å²) in [6, 6.07) is 3.12. The fourth-order valence-electron chi connectivity index (χ4n) is 1.90. The molecule has 2 N–H and O–H groups in total. The van der Waals surface area contributed by atoms with Crippen LogP contribution in [0.3, 0.4) is 0 Å². The van der Waals surface area contributed by atoms with Gasteiger partial charge in [0.25, 0.3) is 0 Å². The number of nitrogen functional groups attached to an aromatic ring is 1. The molecule has 108 valence electrons. The van der Waals surface area contributed by atoms with E-state index in [-0.39, 0.29) is 11.9 Å². The van der Waals surface area contributed by atoms with Gasteiger partial charge in [-0.2, -0.15) is 0 Å². The number of methoxy groups -OCH3 is 2. The van der Waals surface area contributed by atoms with Crippen LogP contribution in [0.4, 0.5) is 15.8 Å². The van der Waals surface area contributed by atoms with Crippen LogP contribution in [0.15, 0.2) is 16.6 Å². The predicted octanol–water partition coefficient (Wildman–Crippen LogP) is 2.66. The molecule has 1 aromatic carbocycles. The number of nitrogens with two attached hydrogens (primary N) is 1. The molecular weight excluding hydrogens is 315 g/mol. The molecule has 0 spiro atoms. The highest BCUT2D eigenvalue weighted by Crippen LogP contribution is 2.30. The first-order valence-corrected chi connectivity index (χ1v) is 6.79. The monoisotopic (exact) mass is 334 g/mol. The van der Waals surface area contributed by atoms with E-state index in [1.165, 1.54) is 6.07 Å². The molecule has 0 saturated carbocycles. The second-order valence-corrected chi connectivity index (χ2v) is 5.17. The maximum absolute atomic E-state index is 13.4. The number of nitrogens with zero attached hydrogens (tertiary/aromatic N) is 1. The van der Waals surface area contributed by atoms with Crippen molar-refractivity contribution in [1.29, 1.82) is 0 Å². The minimum Gasteiger partial charge on any atom is -0.397 e. The summed E-state index contributed by atoms with van der Waals surface area (Å²) in [7, 11) is 3.29. The third kappa shape index (κ3) is 4.33. The zero-order chi connectivity index (χ0) is 14.4. The van der Waals surface area contributed by atoms with Gasteiger partial charge >= 0.3 is 0 Å². The molecule has 0 heterocycles. The molecule has 4 nitrogen and oxygen atoms in total. The Hall–Kier alpha value is -0.850. The van der Waals surface area contributed by atoms with E-state index >= 15 is 0 Å². The van der Waals surface area contributed by atoms with Crippen LogP contribution in [0.1, 0.15) is 6.92 Å². The van der Waals surface area contributed by atoms with E-state index in [0.717, 1.165) is 5.69 Å². The Labute approximate surface area is 121 Å². The molecule has 0 bridgehead atoms. The zero-order valence-electron chi connectivity index (χ0n) is 11.5. The largest absolute Gasteiger partial charge is 0.397 e. The molecule has 0 fully saturated rings. The van der Waals surface area contributed by atoms with Gasteiger partial charge in [0.05, 0.1) is 29.1 Å². The number of anilines is 2. The molecule has 0 aliphatic heterocycles. The standard InChI is InChI=1S/C13H20BrFN2O2/c1-9(8-19-3)17(4-5-18-2)13-6-10(14)11(15)7-12(13)16/h6-7,9H,4-5,8,16H2,1-3H3. The molecule has 6 heteroatoms. The van der Waals surface area contributed by atoms with Gasteiger partial charge in [-0.05, 0) is 28.9 Å². The second-order valence-electron chi connectivity index (χ2n) is 4.32. The first kappa shape index (κ1) is 16.2. The van der Waals surface area contributed by atoms with Crippen molar-refractivity contribution in [3.05, 3.63) is 22.4 Å². The van der Waals surface area contributed by atoms with Crippen molar-refractivity contribution in [2.24, 2.45) is 0 Å². The number of rotatable bonds is 7. The van der Waals surface area contributed by atoms with Crippen molar-refractivity contribution in [1.82, 2.24) is 0 Å². The maximum atomic E-state index is 13.4. The van der Waals surface area contributed by atoms with E-state index in [4.69, 9.17) is 15.2 Å². The van der Waals surface area contributed by atoms with Crippen molar-refractivity contribution >= 4 is 27.3 Å². The number of hydrogen-bond acceptors (Lipinski definition) is 4. The van der Waals surface area contributed by atoms with Gasteiger partial charge in [0.2, 0.25) is 0 Å². The van der Waals surface area contributed by atoms with E-state index < -0.39 is 0 Å². The SMILES string of the molecule is COCCN(c1cc(Br)c(F)cc1N)C(C)COC. The minimum atomic E-state index is -0.368. The van der Waals surface area contributed by atoms with Crippen molar-refractivity contribution in [3.63, 3.8) is 0 Å². The Morgan fingerprint density at radius 2 is 2.05 bits per heavy atom. The molecular formula is C13H20BrFN2O2. The maximum Gasteiger partial charge on any atom is 0.139 e. The lowest BCUT2D eigenvalue weighted by Crippen LogP contribution is -2.39. The van der Waals surface area contributed by atoms with E-state index in [0.29, 0.717) is 29.9 Å². The summed E-state index contributed by atoms with van der Waals surface area (Å²) < 4.78 is 24.1. The Bertz CT molecular complexity index is 418. The molecule has 1 unspecified atom stereocenters. The van der Waals surface area contributed by atoms with Gasteiger partial charge in [-0.3, -0.25) is 0 Å². The van der Waals surface area contributed by atoms with E-state index in [1.54, 1.807) is 20.3 Å². The Kier molecular flexibility index (Phi) is 6.54. The molecule has 19 heavy (non-hydrogen) atoms. The number of halogens is 2. The molecule has 1 atom stereocenters. The Morgan fingerprint density at radius 1 is 1.37 bits per heavy atom. The first-order valence-electron chi connectivity index (χ1n) is 6.00. The molecule has 0 radical (unpaired) electrons. The number of hydrogen-bond donors (Lipinski definition) is 1. The molecule has 0 aromatic heterocycles. The lowest BCUT2D eigenvalue weighted by Gasteiger charge is -2.32. The quantitative estimate of drug-likeness (QED) is 0.779. The molecule has 1 rings (SSSR count). The van der Waals surface area contributed by atoms with Crippen molar-refractivity contribution < 1.29 is 13.9 Å². The summed E-state index contributed by atoms with van der Waals surface area (Å²) in [4.78, 5) is 2.05. The summed E-state index contributed by atoms with van der Waals surface area (Å²) >= 11 is 3.19. The summed E-state index contributed by atoms with van der Waals surface area (Å²) in [5.41, 5.74) is 7.09.